The fourth-order valence-electron chi connectivity index (χ4n) is 2.98. The number of hydrogen-bond acceptors (Lipinski definition) is 2. The number of carbonyl (C=O) groups is 1. The van der Waals surface area contributed by atoms with Crippen LogP contribution in [0.3, 0.4) is 0 Å². The summed E-state index contributed by atoms with van der Waals surface area (Å²) in [6, 6.07) is 5.99. The molecule has 2 heterocycles. The molecular weight excluding hydrogens is 248 g/mol. The first kappa shape index (κ1) is 12.0. The highest BCUT2D eigenvalue weighted by Gasteiger charge is 2.34. The highest BCUT2D eigenvalue weighted by Crippen LogP contribution is 2.29. The lowest BCUT2D eigenvalue weighted by Gasteiger charge is -2.35. The van der Waals surface area contributed by atoms with Gasteiger partial charge in [-0.05, 0) is 44.1 Å². The molecule has 1 aromatic rings. The average molecular weight is 265 g/mol. The van der Waals surface area contributed by atoms with Crippen LogP contribution in [0, 0.1) is 0 Å². The number of halogens is 1. The van der Waals surface area contributed by atoms with Gasteiger partial charge >= 0.3 is 0 Å². The van der Waals surface area contributed by atoms with Gasteiger partial charge in [-0.2, -0.15) is 0 Å². The summed E-state index contributed by atoms with van der Waals surface area (Å²) >= 11 is 5.97. The summed E-state index contributed by atoms with van der Waals surface area (Å²) in [7, 11) is 2.12. The monoisotopic (exact) mass is 264 g/mol. The van der Waals surface area contributed by atoms with Crippen LogP contribution in [0.5, 0.6) is 0 Å². The van der Waals surface area contributed by atoms with Gasteiger partial charge in [-0.25, -0.2) is 0 Å². The van der Waals surface area contributed by atoms with Gasteiger partial charge in [0.1, 0.15) is 0 Å². The number of fused-ring (bicyclic) bond motifs is 1. The lowest BCUT2D eigenvalue weighted by atomic mass is 10.0. The molecule has 1 fully saturated rings. The molecule has 0 bridgehead atoms. The van der Waals surface area contributed by atoms with Crippen molar-refractivity contribution in [3.05, 3.63) is 34.3 Å². The zero-order valence-electron chi connectivity index (χ0n) is 10.5. The van der Waals surface area contributed by atoms with Crippen LogP contribution in [0.4, 0.5) is 0 Å². The normalized spacial score (nSPS) is 24.4. The molecule has 96 valence electrons. The van der Waals surface area contributed by atoms with E-state index in [2.05, 4.69) is 11.9 Å². The minimum absolute atomic E-state index is 0.146. The number of piperidine rings is 1. The number of amides is 1. The zero-order chi connectivity index (χ0) is 12.7. The molecular formula is C14H17ClN2O. The van der Waals surface area contributed by atoms with Crippen LogP contribution in [0.25, 0.3) is 0 Å². The molecule has 0 aromatic heterocycles. The third-order valence-corrected chi connectivity index (χ3v) is 4.18. The second-order valence-corrected chi connectivity index (χ2v) is 5.73. The number of benzene rings is 1. The van der Waals surface area contributed by atoms with Gasteiger partial charge in [-0.1, -0.05) is 17.7 Å². The van der Waals surface area contributed by atoms with E-state index in [9.17, 15) is 4.79 Å². The third kappa shape index (κ3) is 2.02. The predicted octanol–water partition coefficient (Wildman–Crippen LogP) is 2.39. The molecule has 1 saturated heterocycles. The van der Waals surface area contributed by atoms with Gasteiger partial charge in [0.15, 0.2) is 0 Å². The molecule has 0 radical (unpaired) electrons. The van der Waals surface area contributed by atoms with Crippen molar-refractivity contribution in [2.24, 2.45) is 0 Å². The van der Waals surface area contributed by atoms with E-state index in [4.69, 9.17) is 11.6 Å². The highest BCUT2D eigenvalue weighted by atomic mass is 35.5. The van der Waals surface area contributed by atoms with E-state index in [1.807, 2.05) is 17.0 Å². The first-order valence-corrected chi connectivity index (χ1v) is 6.81. The average Bonchev–Trinajstić information content (AvgIpc) is 2.67. The van der Waals surface area contributed by atoms with Crippen molar-refractivity contribution in [1.82, 2.24) is 9.80 Å². The second kappa shape index (κ2) is 4.56. The van der Waals surface area contributed by atoms with E-state index < -0.39 is 0 Å². The number of carbonyl (C=O) groups excluding carboxylic acids is 1. The molecule has 1 aromatic carbocycles. The summed E-state index contributed by atoms with van der Waals surface area (Å²) in [5.74, 6) is 0.146. The Kier molecular flexibility index (Phi) is 3.04. The van der Waals surface area contributed by atoms with E-state index in [0.29, 0.717) is 11.1 Å². The molecule has 2 aliphatic rings. The lowest BCUT2D eigenvalue weighted by Crippen LogP contribution is -2.46. The first-order chi connectivity index (χ1) is 8.65. The largest absolute Gasteiger partial charge is 0.330 e. The summed E-state index contributed by atoms with van der Waals surface area (Å²) < 4.78 is 0. The minimum atomic E-state index is 0.146. The fourth-order valence-corrected chi connectivity index (χ4v) is 3.16. The van der Waals surface area contributed by atoms with Crippen LogP contribution >= 0.6 is 11.6 Å². The molecule has 0 spiro atoms. The van der Waals surface area contributed by atoms with Crippen LogP contribution in [-0.4, -0.2) is 41.9 Å². The van der Waals surface area contributed by atoms with Crippen LogP contribution in [0.2, 0.25) is 5.02 Å². The molecule has 18 heavy (non-hydrogen) atoms. The summed E-state index contributed by atoms with van der Waals surface area (Å²) in [4.78, 5) is 16.7. The highest BCUT2D eigenvalue weighted by molar-refractivity contribution is 6.31. The predicted molar refractivity (Wildman–Crippen MR) is 71.8 cm³/mol. The van der Waals surface area contributed by atoms with Gasteiger partial charge in [0.2, 0.25) is 0 Å². The van der Waals surface area contributed by atoms with Crippen molar-refractivity contribution in [2.45, 2.75) is 25.4 Å². The van der Waals surface area contributed by atoms with Crippen molar-refractivity contribution in [3.63, 3.8) is 0 Å². The van der Waals surface area contributed by atoms with Gasteiger partial charge < -0.3 is 9.80 Å². The van der Waals surface area contributed by atoms with Crippen molar-refractivity contribution >= 4 is 17.5 Å². The van der Waals surface area contributed by atoms with Crippen LogP contribution in [-0.2, 0) is 6.54 Å². The minimum Gasteiger partial charge on any atom is -0.330 e. The Hall–Kier alpha value is -1.06. The van der Waals surface area contributed by atoms with Gasteiger partial charge in [0, 0.05) is 29.7 Å². The van der Waals surface area contributed by atoms with E-state index >= 15 is 0 Å². The summed E-state index contributed by atoms with van der Waals surface area (Å²) in [6.07, 6.45) is 2.28. The molecule has 1 amide bonds. The first-order valence-electron chi connectivity index (χ1n) is 6.43. The lowest BCUT2D eigenvalue weighted by molar-refractivity contribution is 0.0598. The fraction of sp³-hybridized carbons (Fsp3) is 0.500. The van der Waals surface area contributed by atoms with Crippen LogP contribution < -0.4 is 0 Å². The van der Waals surface area contributed by atoms with Crippen LogP contribution in [0.15, 0.2) is 18.2 Å². The number of likely N-dealkylation sites (tertiary alicyclic amines) is 1. The quantitative estimate of drug-likeness (QED) is 0.778. The summed E-state index contributed by atoms with van der Waals surface area (Å²) in [6.45, 7) is 2.86. The van der Waals surface area contributed by atoms with E-state index in [0.717, 1.165) is 37.2 Å². The zero-order valence-corrected chi connectivity index (χ0v) is 11.3. The summed E-state index contributed by atoms with van der Waals surface area (Å²) in [5, 5.41) is 0.643. The molecule has 2 aliphatic heterocycles. The smallest absolute Gasteiger partial charge is 0.254 e. The second-order valence-electron chi connectivity index (χ2n) is 5.29. The number of likely N-dealkylation sites (N-methyl/N-ethyl adjacent to an activating group) is 1. The Morgan fingerprint density at radius 2 is 2.22 bits per heavy atom. The van der Waals surface area contributed by atoms with Gasteiger partial charge in [-0.3, -0.25) is 4.79 Å². The standard InChI is InChI=1S/C14H17ClN2O/c1-16-6-2-3-12(9-16)17-8-10-4-5-11(15)7-13(10)14(17)18/h4-5,7,12H,2-3,6,8-9H2,1H3/t12-/m0/s1. The maximum Gasteiger partial charge on any atom is 0.254 e. The van der Waals surface area contributed by atoms with Crippen molar-refractivity contribution in [2.75, 3.05) is 20.1 Å². The molecule has 3 nitrogen and oxygen atoms in total. The molecule has 0 N–H and O–H groups in total. The molecule has 0 unspecified atom stereocenters. The van der Waals surface area contributed by atoms with Crippen molar-refractivity contribution in [1.29, 1.82) is 0 Å². The topological polar surface area (TPSA) is 23.6 Å². The number of nitrogens with zero attached hydrogens (tertiary/aromatic N) is 2. The van der Waals surface area contributed by atoms with Crippen molar-refractivity contribution < 1.29 is 4.79 Å². The molecule has 4 heteroatoms. The Bertz CT molecular complexity index is 489. The van der Waals surface area contributed by atoms with E-state index in [-0.39, 0.29) is 5.91 Å². The van der Waals surface area contributed by atoms with Gasteiger partial charge in [-0.15, -0.1) is 0 Å². The third-order valence-electron chi connectivity index (χ3n) is 3.94. The molecule has 3 rings (SSSR count). The maximum absolute atomic E-state index is 12.4. The Labute approximate surface area is 112 Å². The Balaban J connectivity index is 1.83. The number of hydrogen-bond donors (Lipinski definition) is 0. The Morgan fingerprint density at radius 3 is 3.00 bits per heavy atom. The SMILES string of the molecule is CN1CCC[C@H](N2Cc3ccc(Cl)cc3C2=O)C1. The Morgan fingerprint density at radius 1 is 1.39 bits per heavy atom. The van der Waals surface area contributed by atoms with Gasteiger partial charge in [0.05, 0.1) is 0 Å². The molecule has 0 aliphatic carbocycles. The van der Waals surface area contributed by atoms with E-state index in [1.165, 1.54) is 6.42 Å². The number of rotatable bonds is 1. The molecule has 1 atom stereocenters. The van der Waals surface area contributed by atoms with Gasteiger partial charge in [0.25, 0.3) is 5.91 Å². The van der Waals surface area contributed by atoms with E-state index in [1.54, 1.807) is 6.07 Å². The maximum atomic E-state index is 12.4. The van der Waals surface area contributed by atoms with Crippen LogP contribution in [0.1, 0.15) is 28.8 Å². The summed E-state index contributed by atoms with van der Waals surface area (Å²) in [5.41, 5.74) is 1.90. The van der Waals surface area contributed by atoms with Crippen molar-refractivity contribution in [3.8, 4) is 0 Å². The molecule has 0 saturated carbocycles.